The minimum Gasteiger partial charge on any atom is -0.445 e. The summed E-state index contributed by atoms with van der Waals surface area (Å²) in [5, 5.41) is 10.1. The molecular formula is C42H52N6O8. The van der Waals surface area contributed by atoms with E-state index in [4.69, 9.17) is 9.47 Å². The Kier molecular flexibility index (Phi) is 12.4. The van der Waals surface area contributed by atoms with Crippen molar-refractivity contribution in [3.63, 3.8) is 0 Å². The molecule has 1 fully saturated rings. The number of fused-ring (bicyclic) bond motifs is 2. The molecule has 0 spiro atoms. The van der Waals surface area contributed by atoms with E-state index in [1.165, 1.54) is 27.9 Å². The molecule has 2 heterocycles. The first-order valence-corrected chi connectivity index (χ1v) is 18.7. The molecule has 0 radical (unpaired) electrons. The second-order valence-electron chi connectivity index (χ2n) is 16.2. The number of hydrogen-bond acceptors (Lipinski definition) is 8. The molecule has 14 nitrogen and oxygen atoms in total. The number of likely N-dealkylation sites (tertiary alicyclic amines) is 1. The molecule has 4 unspecified atom stereocenters. The van der Waals surface area contributed by atoms with Crippen LogP contribution >= 0.6 is 0 Å². The quantitative estimate of drug-likeness (QED) is 0.254. The van der Waals surface area contributed by atoms with E-state index in [1.807, 2.05) is 87.5 Å². The molecule has 5 rings (SSSR count). The van der Waals surface area contributed by atoms with Gasteiger partial charge >= 0.3 is 12.2 Å². The topological polar surface area (TPSA) is 167 Å². The van der Waals surface area contributed by atoms with E-state index in [1.54, 1.807) is 33.8 Å². The first-order chi connectivity index (χ1) is 26.4. The summed E-state index contributed by atoms with van der Waals surface area (Å²) in [6.45, 7) is 11.9. The van der Waals surface area contributed by atoms with Crippen molar-refractivity contribution in [1.82, 2.24) is 25.3 Å². The summed E-state index contributed by atoms with van der Waals surface area (Å²) in [4.78, 5) is 85.6. The normalized spacial score (nSPS) is 17.6. The summed E-state index contributed by atoms with van der Waals surface area (Å²) < 4.78 is 10.7. The van der Waals surface area contributed by atoms with Crippen LogP contribution in [0.5, 0.6) is 0 Å². The third-order valence-electron chi connectivity index (χ3n) is 9.83. The number of benzene rings is 3. The molecule has 0 saturated carbocycles. The molecule has 298 valence electrons. The number of amides is 6. The number of nitrogens with zero attached hydrogens (tertiary/aromatic N) is 3. The standard InChI is InChI=1S/C42H52N6O8/c1-26(46(8)40(54)56-42(5,6)7)36(50)45-35(41(2,3)4)38(52)47-22-21-32-34(47)30(37(51)44-31-20-14-18-28-17-12-13-19-29(28)31)24-48(32)33(49)23-43-39(53)55-25-27-15-10-9-11-16-27/h9-20,24,26,32,34-35H,21-23,25H2,1-8H3,(H,43,53)(H,44,51)(H,45,50). The predicted octanol–water partition coefficient (Wildman–Crippen LogP) is 5.19. The summed E-state index contributed by atoms with van der Waals surface area (Å²) in [5.74, 6) is -2.03. The molecule has 0 aliphatic carbocycles. The van der Waals surface area contributed by atoms with Crippen LogP contribution in [0, 0.1) is 5.41 Å². The van der Waals surface area contributed by atoms with Crippen molar-refractivity contribution in [3.05, 3.63) is 90.1 Å². The molecular weight excluding hydrogens is 716 g/mol. The monoisotopic (exact) mass is 768 g/mol. The summed E-state index contributed by atoms with van der Waals surface area (Å²) in [6.07, 6.45) is 0.291. The van der Waals surface area contributed by atoms with Crippen LogP contribution < -0.4 is 16.0 Å². The maximum atomic E-state index is 14.6. The lowest BCUT2D eigenvalue weighted by atomic mass is 9.85. The highest BCUT2D eigenvalue weighted by Crippen LogP contribution is 2.37. The second-order valence-corrected chi connectivity index (χ2v) is 16.2. The lowest BCUT2D eigenvalue weighted by Crippen LogP contribution is -2.59. The highest BCUT2D eigenvalue weighted by Gasteiger charge is 2.52. The summed E-state index contributed by atoms with van der Waals surface area (Å²) in [6, 6.07) is 18.7. The predicted molar refractivity (Wildman–Crippen MR) is 211 cm³/mol. The van der Waals surface area contributed by atoms with Crippen LogP contribution in [-0.4, -0.2) is 100 Å². The van der Waals surface area contributed by atoms with Crippen LogP contribution in [0.4, 0.5) is 15.3 Å². The molecule has 3 aromatic carbocycles. The van der Waals surface area contributed by atoms with Crippen molar-refractivity contribution in [2.24, 2.45) is 5.41 Å². The highest BCUT2D eigenvalue weighted by molar-refractivity contribution is 6.10. The van der Waals surface area contributed by atoms with Crippen LogP contribution in [0.3, 0.4) is 0 Å². The van der Waals surface area contributed by atoms with Crippen molar-refractivity contribution in [1.29, 1.82) is 0 Å². The lowest BCUT2D eigenvalue weighted by Gasteiger charge is -2.37. The van der Waals surface area contributed by atoms with Crippen molar-refractivity contribution < 1.29 is 38.2 Å². The number of anilines is 1. The Labute approximate surface area is 327 Å². The van der Waals surface area contributed by atoms with Gasteiger partial charge in [-0.15, -0.1) is 0 Å². The molecule has 14 heteroatoms. The van der Waals surface area contributed by atoms with E-state index in [0.29, 0.717) is 12.1 Å². The Morgan fingerprint density at radius 3 is 2.23 bits per heavy atom. The largest absolute Gasteiger partial charge is 0.445 e. The van der Waals surface area contributed by atoms with Crippen LogP contribution in [0.15, 0.2) is 84.6 Å². The Bertz CT molecular complexity index is 2000. The van der Waals surface area contributed by atoms with Crippen molar-refractivity contribution >= 4 is 52.3 Å². The van der Waals surface area contributed by atoms with Crippen LogP contribution in [-0.2, 0) is 35.3 Å². The minimum atomic E-state index is -1.07. The first-order valence-electron chi connectivity index (χ1n) is 18.7. The molecule has 2 aliphatic rings. The highest BCUT2D eigenvalue weighted by atomic mass is 16.6. The third-order valence-corrected chi connectivity index (χ3v) is 9.83. The van der Waals surface area contributed by atoms with E-state index in [-0.39, 0.29) is 18.7 Å². The Morgan fingerprint density at radius 2 is 1.55 bits per heavy atom. The number of rotatable bonds is 10. The van der Waals surface area contributed by atoms with Crippen molar-refractivity contribution in [2.45, 2.75) is 91.3 Å². The molecule has 4 atom stereocenters. The van der Waals surface area contributed by atoms with Gasteiger partial charge in [0.1, 0.15) is 30.8 Å². The van der Waals surface area contributed by atoms with Crippen LogP contribution in [0.2, 0.25) is 0 Å². The van der Waals surface area contributed by atoms with Crippen LogP contribution in [0.1, 0.15) is 60.5 Å². The fourth-order valence-corrected chi connectivity index (χ4v) is 6.75. The van der Waals surface area contributed by atoms with Crippen LogP contribution in [0.25, 0.3) is 10.8 Å². The number of likely N-dealkylation sites (N-methyl/N-ethyl adjacent to an activating group) is 1. The van der Waals surface area contributed by atoms with Crippen molar-refractivity contribution in [2.75, 3.05) is 25.5 Å². The average molecular weight is 769 g/mol. The molecule has 0 aromatic heterocycles. The minimum absolute atomic E-state index is 0.0201. The van der Waals surface area contributed by atoms with E-state index < -0.39 is 77.5 Å². The molecule has 1 saturated heterocycles. The molecule has 56 heavy (non-hydrogen) atoms. The van der Waals surface area contributed by atoms with E-state index in [2.05, 4.69) is 16.0 Å². The fourth-order valence-electron chi connectivity index (χ4n) is 6.75. The molecule has 6 amide bonds. The number of carbonyl (C=O) groups excluding carboxylic acids is 6. The zero-order valence-corrected chi connectivity index (χ0v) is 33.3. The second kappa shape index (κ2) is 16.8. The maximum absolute atomic E-state index is 14.6. The smallest absolute Gasteiger partial charge is 0.410 e. The van der Waals surface area contributed by atoms with Gasteiger partial charge in [0.15, 0.2) is 0 Å². The van der Waals surface area contributed by atoms with Gasteiger partial charge in [0, 0.05) is 30.9 Å². The molecule has 3 aromatic rings. The maximum Gasteiger partial charge on any atom is 0.410 e. The van der Waals surface area contributed by atoms with Gasteiger partial charge in [-0.05, 0) is 56.5 Å². The zero-order chi connectivity index (χ0) is 40.9. The Balaban J connectivity index is 1.38. The van der Waals surface area contributed by atoms with E-state index in [0.717, 1.165) is 16.3 Å². The van der Waals surface area contributed by atoms with Crippen molar-refractivity contribution in [3.8, 4) is 0 Å². The fraction of sp³-hybridized carbons (Fsp3) is 0.429. The van der Waals surface area contributed by atoms with Gasteiger partial charge in [0.05, 0.1) is 17.7 Å². The van der Waals surface area contributed by atoms with Gasteiger partial charge in [0.2, 0.25) is 17.7 Å². The molecule has 3 N–H and O–H groups in total. The number of ether oxygens (including phenoxy) is 2. The van der Waals surface area contributed by atoms with Gasteiger partial charge in [-0.2, -0.15) is 0 Å². The first kappa shape index (κ1) is 41.2. The SMILES string of the molecule is CC(C(=O)NC(C(=O)N1CCC2C1C(C(=O)Nc1cccc3ccccc13)=CN2C(=O)CNC(=O)OCc1ccccc1)C(C)(C)C)N(C)C(=O)OC(C)(C)C. The van der Waals surface area contributed by atoms with Gasteiger partial charge < -0.3 is 35.2 Å². The van der Waals surface area contributed by atoms with Gasteiger partial charge in [-0.1, -0.05) is 87.5 Å². The Hall–Kier alpha value is -5.92. The molecule has 2 aliphatic heterocycles. The van der Waals surface area contributed by atoms with E-state index in [9.17, 15) is 28.8 Å². The number of nitrogens with one attached hydrogen (secondary N) is 3. The van der Waals surface area contributed by atoms with E-state index >= 15 is 0 Å². The number of carbonyl (C=O) groups is 6. The number of alkyl carbamates (subject to hydrolysis) is 1. The third kappa shape index (κ3) is 9.65. The zero-order valence-electron chi connectivity index (χ0n) is 33.3. The van der Waals surface area contributed by atoms with Gasteiger partial charge in [-0.25, -0.2) is 9.59 Å². The number of hydrogen-bond donors (Lipinski definition) is 3. The summed E-state index contributed by atoms with van der Waals surface area (Å²) in [7, 11) is 1.45. The summed E-state index contributed by atoms with van der Waals surface area (Å²) in [5.41, 5.74) is -0.0717. The average Bonchev–Trinajstić information content (AvgIpc) is 3.75. The lowest BCUT2D eigenvalue weighted by molar-refractivity contribution is -0.141. The summed E-state index contributed by atoms with van der Waals surface area (Å²) >= 11 is 0. The van der Waals surface area contributed by atoms with Gasteiger partial charge in [0.25, 0.3) is 5.91 Å². The van der Waals surface area contributed by atoms with Gasteiger partial charge in [-0.3, -0.25) is 24.1 Å². The molecule has 0 bridgehead atoms. The Morgan fingerprint density at radius 1 is 0.893 bits per heavy atom.